The molecule has 5 heteroatoms. The molecule has 2 aromatic rings. The minimum Gasteiger partial charge on any atom is -0.490 e. The molecule has 0 bridgehead atoms. The van der Waals surface area contributed by atoms with Gasteiger partial charge in [-0.3, -0.25) is 4.79 Å². The minimum atomic E-state index is -0.187. The number of ketones is 1. The molecule has 0 amide bonds. The first-order valence-corrected chi connectivity index (χ1v) is 6.52. The van der Waals surface area contributed by atoms with Crippen molar-refractivity contribution in [1.29, 1.82) is 0 Å². The third kappa shape index (κ3) is 3.58. The third-order valence-electron chi connectivity index (χ3n) is 2.89. The van der Waals surface area contributed by atoms with Crippen LogP contribution in [0.5, 0.6) is 11.6 Å². The van der Waals surface area contributed by atoms with E-state index in [1.54, 1.807) is 43.6 Å². The molecule has 0 aliphatic heterocycles. The van der Waals surface area contributed by atoms with Gasteiger partial charge in [0.1, 0.15) is 12.4 Å². The van der Waals surface area contributed by atoms with Crippen LogP contribution in [0.1, 0.15) is 15.9 Å². The van der Waals surface area contributed by atoms with Crippen LogP contribution in [0.4, 0.5) is 0 Å². The van der Waals surface area contributed by atoms with Crippen molar-refractivity contribution < 1.29 is 19.0 Å². The summed E-state index contributed by atoms with van der Waals surface area (Å²) in [5.74, 6) is 0.632. The van der Waals surface area contributed by atoms with E-state index in [2.05, 4.69) is 4.98 Å². The Kier molecular flexibility index (Phi) is 5.29. The van der Waals surface area contributed by atoms with Gasteiger partial charge in [0, 0.05) is 13.3 Å². The van der Waals surface area contributed by atoms with Crippen LogP contribution in [0, 0.1) is 0 Å². The highest BCUT2D eigenvalue weighted by molar-refractivity contribution is 6.12. The van der Waals surface area contributed by atoms with Crippen LogP contribution >= 0.6 is 0 Å². The van der Waals surface area contributed by atoms with Gasteiger partial charge in [0.05, 0.1) is 24.8 Å². The molecule has 1 aromatic heterocycles. The van der Waals surface area contributed by atoms with Crippen LogP contribution in [0.2, 0.25) is 0 Å². The van der Waals surface area contributed by atoms with Gasteiger partial charge in [-0.25, -0.2) is 4.98 Å². The first-order valence-electron chi connectivity index (χ1n) is 6.52. The molecule has 2 rings (SSSR count). The highest BCUT2D eigenvalue weighted by atomic mass is 16.5. The van der Waals surface area contributed by atoms with Gasteiger partial charge >= 0.3 is 0 Å². The van der Waals surface area contributed by atoms with Crippen molar-refractivity contribution in [3.63, 3.8) is 0 Å². The van der Waals surface area contributed by atoms with Crippen molar-refractivity contribution in [3.8, 4) is 11.6 Å². The number of carbonyl (C=O) groups excluding carboxylic acids is 1. The van der Waals surface area contributed by atoms with Gasteiger partial charge in [-0.15, -0.1) is 0 Å². The Morgan fingerprint density at radius 1 is 1.05 bits per heavy atom. The van der Waals surface area contributed by atoms with Crippen LogP contribution in [0.25, 0.3) is 0 Å². The highest BCUT2D eigenvalue weighted by Gasteiger charge is 2.18. The fourth-order valence-corrected chi connectivity index (χ4v) is 1.89. The minimum absolute atomic E-state index is 0.187. The van der Waals surface area contributed by atoms with Gasteiger partial charge in [0.25, 0.3) is 0 Å². The van der Waals surface area contributed by atoms with E-state index in [1.807, 2.05) is 6.07 Å². The smallest absolute Gasteiger partial charge is 0.224 e. The Bertz CT molecular complexity index is 613. The molecule has 0 spiro atoms. The summed E-state index contributed by atoms with van der Waals surface area (Å²) in [6, 6.07) is 10.5. The fraction of sp³-hybridized carbons (Fsp3) is 0.250. The highest BCUT2D eigenvalue weighted by Crippen LogP contribution is 2.25. The molecule has 21 heavy (non-hydrogen) atoms. The quantitative estimate of drug-likeness (QED) is 0.578. The molecule has 110 valence electrons. The lowest BCUT2D eigenvalue weighted by atomic mass is 10.0. The Hall–Kier alpha value is -2.40. The van der Waals surface area contributed by atoms with Crippen LogP contribution in [-0.4, -0.2) is 38.2 Å². The van der Waals surface area contributed by atoms with Gasteiger partial charge in [0.2, 0.25) is 11.7 Å². The van der Waals surface area contributed by atoms with Crippen LogP contribution in [-0.2, 0) is 4.74 Å². The molecule has 1 aromatic carbocycles. The van der Waals surface area contributed by atoms with E-state index in [0.717, 1.165) is 0 Å². The molecular formula is C16H17NO4. The van der Waals surface area contributed by atoms with Crippen molar-refractivity contribution >= 4 is 5.78 Å². The molecule has 0 fully saturated rings. The summed E-state index contributed by atoms with van der Waals surface area (Å²) in [5, 5.41) is 0. The summed E-state index contributed by atoms with van der Waals surface area (Å²) < 4.78 is 15.7. The average Bonchev–Trinajstić information content (AvgIpc) is 2.55. The van der Waals surface area contributed by atoms with Crippen molar-refractivity contribution in [2.45, 2.75) is 0 Å². The standard InChI is InChI=1S/C16H17NO4/c1-19-10-11-21-14-8-4-3-6-12(14)15(18)13-7-5-9-17-16(13)20-2/h3-9H,10-11H2,1-2H3. The van der Waals surface area contributed by atoms with E-state index in [-0.39, 0.29) is 5.78 Å². The van der Waals surface area contributed by atoms with Gasteiger partial charge in [-0.2, -0.15) is 0 Å². The van der Waals surface area contributed by atoms with Gasteiger partial charge < -0.3 is 14.2 Å². The maximum absolute atomic E-state index is 12.6. The number of hydrogen-bond donors (Lipinski definition) is 0. The normalized spacial score (nSPS) is 10.2. The van der Waals surface area contributed by atoms with Crippen molar-refractivity contribution in [1.82, 2.24) is 4.98 Å². The van der Waals surface area contributed by atoms with E-state index in [9.17, 15) is 4.79 Å². The Morgan fingerprint density at radius 2 is 1.81 bits per heavy atom. The number of para-hydroxylation sites is 1. The number of ether oxygens (including phenoxy) is 3. The number of benzene rings is 1. The van der Waals surface area contributed by atoms with Crippen molar-refractivity contribution in [2.75, 3.05) is 27.4 Å². The largest absolute Gasteiger partial charge is 0.490 e. The SMILES string of the molecule is COCCOc1ccccc1C(=O)c1cccnc1OC. The summed E-state index contributed by atoms with van der Waals surface area (Å²) in [4.78, 5) is 16.7. The Labute approximate surface area is 123 Å². The Balaban J connectivity index is 2.30. The molecule has 0 aliphatic rings. The van der Waals surface area contributed by atoms with Gasteiger partial charge in [-0.05, 0) is 24.3 Å². The fourth-order valence-electron chi connectivity index (χ4n) is 1.89. The molecular weight excluding hydrogens is 270 g/mol. The predicted molar refractivity (Wildman–Crippen MR) is 78.0 cm³/mol. The van der Waals surface area contributed by atoms with Gasteiger partial charge in [0.15, 0.2) is 0 Å². The van der Waals surface area contributed by atoms with Crippen LogP contribution in [0.15, 0.2) is 42.6 Å². The van der Waals surface area contributed by atoms with E-state index < -0.39 is 0 Å². The second kappa shape index (κ2) is 7.40. The summed E-state index contributed by atoms with van der Waals surface area (Å²) in [6.07, 6.45) is 1.58. The first kappa shape index (κ1) is 15.0. The zero-order chi connectivity index (χ0) is 15.1. The maximum Gasteiger partial charge on any atom is 0.224 e. The second-order valence-corrected chi connectivity index (χ2v) is 4.23. The van der Waals surface area contributed by atoms with Crippen molar-refractivity contribution in [3.05, 3.63) is 53.7 Å². The topological polar surface area (TPSA) is 57.7 Å². The number of methoxy groups -OCH3 is 2. The number of rotatable bonds is 7. The maximum atomic E-state index is 12.6. The second-order valence-electron chi connectivity index (χ2n) is 4.23. The molecule has 0 aliphatic carbocycles. The molecule has 0 saturated carbocycles. The number of nitrogens with zero attached hydrogens (tertiary/aromatic N) is 1. The summed E-state index contributed by atoms with van der Waals surface area (Å²) in [7, 11) is 3.08. The molecule has 5 nitrogen and oxygen atoms in total. The number of hydrogen-bond acceptors (Lipinski definition) is 5. The summed E-state index contributed by atoms with van der Waals surface area (Å²) in [6.45, 7) is 0.837. The Morgan fingerprint density at radius 3 is 2.57 bits per heavy atom. The van der Waals surface area contributed by atoms with Crippen LogP contribution < -0.4 is 9.47 Å². The van der Waals surface area contributed by atoms with Crippen LogP contribution in [0.3, 0.4) is 0 Å². The number of pyridine rings is 1. The lowest BCUT2D eigenvalue weighted by Gasteiger charge is -2.11. The molecule has 1 heterocycles. The molecule has 0 atom stereocenters. The van der Waals surface area contributed by atoms with Gasteiger partial charge in [-0.1, -0.05) is 12.1 Å². The van der Waals surface area contributed by atoms with Crippen molar-refractivity contribution in [2.24, 2.45) is 0 Å². The third-order valence-corrected chi connectivity index (χ3v) is 2.89. The van der Waals surface area contributed by atoms with E-state index in [4.69, 9.17) is 14.2 Å². The lowest BCUT2D eigenvalue weighted by Crippen LogP contribution is -2.10. The number of carbonyl (C=O) groups is 1. The zero-order valence-electron chi connectivity index (χ0n) is 12.0. The van der Waals surface area contributed by atoms with E-state index >= 15 is 0 Å². The lowest BCUT2D eigenvalue weighted by molar-refractivity contribution is 0.102. The number of aromatic nitrogens is 1. The zero-order valence-corrected chi connectivity index (χ0v) is 12.0. The first-order chi connectivity index (χ1) is 10.3. The predicted octanol–water partition coefficient (Wildman–Crippen LogP) is 2.35. The van der Waals surface area contributed by atoms with E-state index in [1.165, 1.54) is 7.11 Å². The molecule has 0 saturated heterocycles. The molecule has 0 radical (unpaired) electrons. The average molecular weight is 287 g/mol. The summed E-state index contributed by atoms with van der Waals surface area (Å²) >= 11 is 0. The molecule has 0 unspecified atom stereocenters. The van der Waals surface area contributed by atoms with E-state index in [0.29, 0.717) is 36.0 Å². The monoisotopic (exact) mass is 287 g/mol. The molecule has 0 N–H and O–H groups in total. The summed E-state index contributed by atoms with van der Waals surface area (Å²) in [5.41, 5.74) is 0.877.